The van der Waals surface area contributed by atoms with E-state index < -0.39 is 20.3 Å². The Morgan fingerprint density at radius 1 is 0.654 bits per heavy atom. The summed E-state index contributed by atoms with van der Waals surface area (Å²) in [6.45, 7) is 2.32. The molecular formula is C25H22Zr. The zero-order chi connectivity index (χ0) is 17.3. The van der Waals surface area contributed by atoms with Crippen LogP contribution in [0.3, 0.4) is 0 Å². The van der Waals surface area contributed by atoms with Gasteiger partial charge in [0.25, 0.3) is 0 Å². The summed E-state index contributed by atoms with van der Waals surface area (Å²) in [6.07, 6.45) is 2.65. The molecule has 6 rings (SSSR count). The molecule has 2 aliphatic carbocycles. The van der Waals surface area contributed by atoms with Crippen LogP contribution in [0.25, 0.3) is 16.7 Å². The molecule has 3 aromatic rings. The molecule has 3 aromatic carbocycles. The predicted molar refractivity (Wildman–Crippen MR) is 106 cm³/mol. The molecular weight excluding hydrogens is 391 g/mol. The molecule has 1 saturated heterocycles. The van der Waals surface area contributed by atoms with Gasteiger partial charge in [0.2, 0.25) is 0 Å². The summed E-state index contributed by atoms with van der Waals surface area (Å²) in [7, 11) is 0. The third-order valence-corrected chi connectivity index (χ3v) is 19.6. The summed E-state index contributed by atoms with van der Waals surface area (Å²) in [5.41, 5.74) is 10.9. The molecule has 0 amide bonds. The van der Waals surface area contributed by atoms with Crippen molar-refractivity contribution in [3.63, 3.8) is 0 Å². The molecule has 1 heteroatoms. The molecule has 0 N–H and O–H groups in total. The van der Waals surface area contributed by atoms with Gasteiger partial charge in [-0.2, -0.15) is 0 Å². The molecule has 0 bridgehead atoms. The number of benzene rings is 3. The van der Waals surface area contributed by atoms with Gasteiger partial charge < -0.3 is 0 Å². The first-order valence-corrected chi connectivity index (χ1v) is 16.1. The van der Waals surface area contributed by atoms with Gasteiger partial charge >= 0.3 is 161 Å². The van der Waals surface area contributed by atoms with E-state index in [1.807, 2.05) is 0 Å². The first-order chi connectivity index (χ1) is 12.8. The van der Waals surface area contributed by atoms with Crippen molar-refractivity contribution >= 4 is 5.57 Å². The molecule has 26 heavy (non-hydrogen) atoms. The van der Waals surface area contributed by atoms with Crippen LogP contribution in [0.2, 0.25) is 8.26 Å². The fourth-order valence-corrected chi connectivity index (χ4v) is 22.3. The second kappa shape index (κ2) is 5.40. The number of hydrogen-bond acceptors (Lipinski definition) is 0. The monoisotopic (exact) mass is 412 g/mol. The van der Waals surface area contributed by atoms with Gasteiger partial charge in [-0.15, -0.1) is 0 Å². The second-order valence-corrected chi connectivity index (χ2v) is 19.7. The Balaban J connectivity index is 1.56. The number of rotatable bonds is 2. The first kappa shape index (κ1) is 15.4. The van der Waals surface area contributed by atoms with Crippen LogP contribution in [0.15, 0.2) is 78.9 Å². The van der Waals surface area contributed by atoms with Crippen LogP contribution < -0.4 is 0 Å². The van der Waals surface area contributed by atoms with Crippen LogP contribution in [0, 0.1) is 0 Å². The molecule has 0 radical (unpaired) electrons. The number of fused-ring (bicyclic) bond motifs is 4. The normalized spacial score (nSPS) is 21.7. The molecule has 1 atom stereocenters. The van der Waals surface area contributed by atoms with Crippen LogP contribution in [-0.4, -0.2) is 0 Å². The second-order valence-electron chi connectivity index (χ2n) is 8.26. The average Bonchev–Trinajstić information content (AvgIpc) is 3.31. The van der Waals surface area contributed by atoms with Gasteiger partial charge in [-0.1, -0.05) is 0 Å². The number of allylic oxidation sites excluding steroid dienone is 2. The maximum absolute atomic E-state index is 2.65. The standard InChI is InChI=1S/C13H9.C10H9.C2H4.Zr/c1-3-7-12-10(5-1)9-11-6-2-4-8-13(11)12;1-8-6-7-9-4-2-3-5-10(8)9;1-2;/h1-9H;2-7H,1H3;1-2H2;. The van der Waals surface area contributed by atoms with E-state index >= 15 is 0 Å². The summed E-state index contributed by atoms with van der Waals surface area (Å²) in [5, 5.41) is 0. The predicted octanol–water partition coefficient (Wildman–Crippen LogP) is 6.92. The molecule has 3 aliphatic rings. The van der Waals surface area contributed by atoms with Crippen molar-refractivity contribution < 1.29 is 20.3 Å². The van der Waals surface area contributed by atoms with Crippen molar-refractivity contribution in [2.75, 3.05) is 0 Å². The zero-order valence-corrected chi connectivity index (χ0v) is 17.5. The average molecular weight is 414 g/mol. The zero-order valence-electron chi connectivity index (χ0n) is 15.1. The molecule has 0 spiro atoms. The summed E-state index contributed by atoms with van der Waals surface area (Å²) >= 11 is -2.38. The van der Waals surface area contributed by atoms with Gasteiger partial charge in [-0.25, -0.2) is 0 Å². The molecule has 1 aliphatic heterocycles. The molecule has 0 nitrogen and oxygen atoms in total. The van der Waals surface area contributed by atoms with Crippen LogP contribution in [0.4, 0.5) is 0 Å². The van der Waals surface area contributed by atoms with E-state index in [2.05, 4.69) is 85.8 Å². The van der Waals surface area contributed by atoms with Crippen LogP contribution in [0.1, 0.15) is 36.4 Å². The van der Waals surface area contributed by atoms with Crippen molar-refractivity contribution in [3.8, 4) is 11.1 Å². The fourth-order valence-electron chi connectivity index (χ4n) is 5.73. The van der Waals surface area contributed by atoms with E-state index in [0.717, 1.165) is 7.25 Å². The fraction of sp³-hybridized carbons (Fsp3) is 0.200. The van der Waals surface area contributed by atoms with Gasteiger partial charge in [-0.05, 0) is 0 Å². The Hall–Kier alpha value is -1.72. The summed E-state index contributed by atoms with van der Waals surface area (Å²) in [4.78, 5) is 0. The van der Waals surface area contributed by atoms with Crippen LogP contribution >= 0.6 is 0 Å². The van der Waals surface area contributed by atoms with E-state index in [9.17, 15) is 0 Å². The Labute approximate surface area is 160 Å². The van der Waals surface area contributed by atoms with Gasteiger partial charge in [0.15, 0.2) is 0 Å². The minimum absolute atomic E-state index is 0.733. The quantitative estimate of drug-likeness (QED) is 0.428. The maximum atomic E-state index is 2.65. The van der Waals surface area contributed by atoms with Crippen LogP contribution in [-0.2, 0) is 20.3 Å². The van der Waals surface area contributed by atoms with Gasteiger partial charge in [0.05, 0.1) is 0 Å². The summed E-state index contributed by atoms with van der Waals surface area (Å²) in [6, 6.07) is 27.7. The first-order valence-electron chi connectivity index (χ1n) is 9.75. The van der Waals surface area contributed by atoms with E-state index in [-0.39, 0.29) is 0 Å². The molecule has 1 unspecified atom stereocenters. The van der Waals surface area contributed by atoms with Crippen molar-refractivity contribution in [3.05, 3.63) is 101 Å². The Morgan fingerprint density at radius 2 is 1.15 bits per heavy atom. The van der Waals surface area contributed by atoms with E-state index in [4.69, 9.17) is 0 Å². The van der Waals surface area contributed by atoms with Gasteiger partial charge in [-0.3, -0.25) is 0 Å². The summed E-state index contributed by atoms with van der Waals surface area (Å²) in [5.74, 6) is 0. The third-order valence-electron chi connectivity index (χ3n) is 6.99. The van der Waals surface area contributed by atoms with Crippen molar-refractivity contribution in [1.29, 1.82) is 0 Å². The Morgan fingerprint density at radius 3 is 1.73 bits per heavy atom. The SMILES string of the molecule is CC1=C[CH]([Zr]2([CH]3c4ccccc4-c4ccccc43)[CH2][CH2]2)c2ccccc21. The molecule has 126 valence electrons. The molecule has 1 fully saturated rings. The number of hydrogen-bond donors (Lipinski definition) is 0. The Bertz CT molecular complexity index is 1030. The minimum atomic E-state index is -2.38. The van der Waals surface area contributed by atoms with E-state index in [0.29, 0.717) is 0 Å². The van der Waals surface area contributed by atoms with Gasteiger partial charge in [0, 0.05) is 0 Å². The van der Waals surface area contributed by atoms with Crippen molar-refractivity contribution in [2.45, 2.75) is 22.4 Å². The molecule has 1 heterocycles. The van der Waals surface area contributed by atoms with Crippen molar-refractivity contribution in [2.24, 2.45) is 0 Å². The van der Waals surface area contributed by atoms with E-state index in [1.165, 1.54) is 30.5 Å². The van der Waals surface area contributed by atoms with Crippen LogP contribution in [0.5, 0.6) is 0 Å². The van der Waals surface area contributed by atoms with Crippen molar-refractivity contribution in [1.82, 2.24) is 0 Å². The Kier molecular flexibility index (Phi) is 3.19. The summed E-state index contributed by atoms with van der Waals surface area (Å²) < 4.78 is 4.55. The van der Waals surface area contributed by atoms with E-state index in [1.54, 1.807) is 16.7 Å². The third kappa shape index (κ3) is 1.93. The molecule has 0 aromatic heterocycles. The van der Waals surface area contributed by atoms with Gasteiger partial charge in [0.1, 0.15) is 0 Å². The molecule has 0 saturated carbocycles. The topological polar surface area (TPSA) is 0 Å².